The van der Waals surface area contributed by atoms with Crippen molar-refractivity contribution in [3.8, 4) is 22.3 Å². The summed E-state index contributed by atoms with van der Waals surface area (Å²) >= 11 is 3.84. The molecule has 2 heteroatoms. The summed E-state index contributed by atoms with van der Waals surface area (Å²) in [6.07, 6.45) is 0. The molecule has 8 aromatic carbocycles. The molecule has 10 aromatic rings. The van der Waals surface area contributed by atoms with Crippen molar-refractivity contribution >= 4 is 95.3 Å². The lowest BCUT2D eigenvalue weighted by molar-refractivity contribution is 1.71. The smallest absolute Gasteiger partial charge is 0.0890 e. The maximum absolute atomic E-state index is 2.44. The predicted octanol–water partition coefficient (Wildman–Crippen LogP) is 13.2. The largest absolute Gasteiger partial charge is 0.124 e. The zero-order valence-corrected chi connectivity index (χ0v) is 25.3. The van der Waals surface area contributed by atoms with Crippen LogP contribution in [0.15, 0.2) is 146 Å². The van der Waals surface area contributed by atoms with E-state index in [9.17, 15) is 0 Å². The van der Waals surface area contributed by atoms with Gasteiger partial charge in [0.1, 0.15) is 0 Å². The number of fused-ring (bicyclic) bond motifs is 11. The minimum Gasteiger partial charge on any atom is -0.124 e. The van der Waals surface area contributed by atoms with Gasteiger partial charge in [0.2, 0.25) is 0 Å². The lowest BCUT2D eigenvalue weighted by Crippen LogP contribution is -1.85. The third kappa shape index (κ3) is 3.50. The summed E-state index contributed by atoms with van der Waals surface area (Å²) in [6.45, 7) is 0. The Balaban J connectivity index is 1.23. The van der Waals surface area contributed by atoms with Crippen LogP contribution < -0.4 is 0 Å². The minimum atomic E-state index is 1.27. The Morgan fingerprint density at radius 1 is 0.318 bits per heavy atom. The molecule has 0 spiro atoms. The van der Waals surface area contributed by atoms with Crippen LogP contribution in [-0.4, -0.2) is 0 Å². The van der Waals surface area contributed by atoms with Crippen molar-refractivity contribution in [1.29, 1.82) is 0 Å². The second-order valence-corrected chi connectivity index (χ2v) is 14.0. The van der Waals surface area contributed by atoms with E-state index in [2.05, 4.69) is 146 Å². The van der Waals surface area contributed by atoms with E-state index in [4.69, 9.17) is 0 Å². The molecular weight excluding hydrogens is 569 g/mol. The van der Waals surface area contributed by atoms with Crippen LogP contribution in [-0.2, 0) is 0 Å². The Morgan fingerprint density at radius 3 is 1.20 bits per heavy atom. The van der Waals surface area contributed by atoms with Gasteiger partial charge >= 0.3 is 0 Å². The normalized spacial score (nSPS) is 12.1. The van der Waals surface area contributed by atoms with Crippen molar-refractivity contribution in [2.24, 2.45) is 0 Å². The Bertz CT molecular complexity index is 2590. The van der Waals surface area contributed by atoms with Crippen molar-refractivity contribution in [3.05, 3.63) is 146 Å². The molecule has 0 N–H and O–H groups in total. The van der Waals surface area contributed by atoms with Crippen LogP contribution in [0.3, 0.4) is 0 Å². The summed E-state index contributed by atoms with van der Waals surface area (Å²) in [6, 6.07) is 54.1. The number of rotatable bonds is 2. The van der Waals surface area contributed by atoms with Gasteiger partial charge in [-0.2, -0.15) is 0 Å². The van der Waals surface area contributed by atoms with Gasteiger partial charge in [-0.25, -0.2) is 0 Å². The predicted molar refractivity (Wildman–Crippen MR) is 196 cm³/mol. The molecule has 0 amide bonds. The van der Waals surface area contributed by atoms with Crippen molar-refractivity contribution in [1.82, 2.24) is 0 Å². The molecular formula is C42H24S2. The van der Waals surface area contributed by atoms with E-state index in [0.717, 1.165) is 0 Å². The molecule has 0 unspecified atom stereocenters. The first kappa shape index (κ1) is 24.4. The van der Waals surface area contributed by atoms with Crippen LogP contribution in [0.2, 0.25) is 0 Å². The molecule has 0 bridgehead atoms. The van der Waals surface area contributed by atoms with Gasteiger partial charge in [-0.15, -0.1) is 22.7 Å². The van der Waals surface area contributed by atoms with Gasteiger partial charge in [0.25, 0.3) is 0 Å². The van der Waals surface area contributed by atoms with Crippen molar-refractivity contribution in [2.45, 2.75) is 0 Å². The van der Waals surface area contributed by atoms with Crippen LogP contribution in [0.4, 0.5) is 0 Å². The van der Waals surface area contributed by atoms with Gasteiger partial charge < -0.3 is 0 Å². The molecule has 0 saturated carbocycles. The van der Waals surface area contributed by atoms with Gasteiger partial charge in [0.15, 0.2) is 0 Å². The van der Waals surface area contributed by atoms with E-state index in [-0.39, 0.29) is 0 Å². The SMILES string of the molecule is c1ccc2c(c1)cc(-c1ccc3sc4sc5ccc(-c6cc7ccccc7c7ccccc67)cc5c4c3c1)c1ccccc12. The summed E-state index contributed by atoms with van der Waals surface area (Å²) < 4.78 is 4.10. The van der Waals surface area contributed by atoms with E-state index in [1.54, 1.807) is 0 Å². The van der Waals surface area contributed by atoms with E-state index >= 15 is 0 Å². The highest BCUT2D eigenvalue weighted by Gasteiger charge is 2.16. The number of hydrogen-bond donors (Lipinski definition) is 0. The van der Waals surface area contributed by atoms with Crippen molar-refractivity contribution in [3.63, 3.8) is 0 Å². The Hall–Kier alpha value is -5.02. The Labute approximate surface area is 262 Å². The third-order valence-corrected chi connectivity index (χ3v) is 11.7. The van der Waals surface area contributed by atoms with Gasteiger partial charge in [0, 0.05) is 25.6 Å². The van der Waals surface area contributed by atoms with E-state index in [0.29, 0.717) is 0 Å². The zero-order valence-electron chi connectivity index (χ0n) is 23.7. The quantitative estimate of drug-likeness (QED) is 0.175. The lowest BCUT2D eigenvalue weighted by atomic mass is 9.92. The average Bonchev–Trinajstić information content (AvgIpc) is 3.63. The maximum atomic E-state index is 2.44. The fourth-order valence-electron chi connectivity index (χ4n) is 7.24. The number of hydrogen-bond acceptors (Lipinski definition) is 2. The van der Waals surface area contributed by atoms with Gasteiger partial charge in [-0.05, 0) is 102 Å². The average molecular weight is 593 g/mol. The Kier molecular flexibility index (Phi) is 5.13. The van der Waals surface area contributed by atoms with Crippen LogP contribution in [0.5, 0.6) is 0 Å². The fraction of sp³-hybridized carbons (Fsp3) is 0. The minimum absolute atomic E-state index is 1.27. The van der Waals surface area contributed by atoms with Crippen LogP contribution in [0.25, 0.3) is 94.9 Å². The molecule has 0 aliphatic carbocycles. The third-order valence-electron chi connectivity index (χ3n) is 9.27. The molecule has 0 aliphatic rings. The zero-order chi connectivity index (χ0) is 28.8. The monoisotopic (exact) mass is 592 g/mol. The van der Waals surface area contributed by atoms with Crippen molar-refractivity contribution in [2.75, 3.05) is 0 Å². The molecule has 0 saturated heterocycles. The lowest BCUT2D eigenvalue weighted by Gasteiger charge is -2.12. The van der Waals surface area contributed by atoms with E-state index in [1.165, 1.54) is 94.9 Å². The maximum Gasteiger partial charge on any atom is 0.0890 e. The molecule has 10 rings (SSSR count). The Morgan fingerprint density at radius 2 is 0.727 bits per heavy atom. The fourth-order valence-corrected chi connectivity index (χ4v) is 9.80. The molecule has 0 radical (unpaired) electrons. The van der Waals surface area contributed by atoms with Crippen LogP contribution in [0.1, 0.15) is 0 Å². The van der Waals surface area contributed by atoms with Crippen molar-refractivity contribution < 1.29 is 0 Å². The summed E-state index contributed by atoms with van der Waals surface area (Å²) in [4.78, 5) is 0. The topological polar surface area (TPSA) is 0 Å². The van der Waals surface area contributed by atoms with E-state index < -0.39 is 0 Å². The highest BCUT2D eigenvalue weighted by atomic mass is 32.2. The number of thiophene rings is 2. The first-order valence-electron chi connectivity index (χ1n) is 15.0. The van der Waals surface area contributed by atoms with Crippen LogP contribution in [0, 0.1) is 0 Å². The van der Waals surface area contributed by atoms with Gasteiger partial charge in [-0.3, -0.25) is 0 Å². The number of benzene rings is 8. The van der Waals surface area contributed by atoms with Gasteiger partial charge in [-0.1, -0.05) is 109 Å². The first-order chi connectivity index (χ1) is 21.8. The second-order valence-electron chi connectivity index (χ2n) is 11.7. The highest BCUT2D eigenvalue weighted by molar-refractivity contribution is 7.44. The molecule has 2 heterocycles. The molecule has 0 nitrogen and oxygen atoms in total. The summed E-state index contributed by atoms with van der Waals surface area (Å²) in [7, 11) is 0. The van der Waals surface area contributed by atoms with E-state index in [1.807, 2.05) is 22.7 Å². The van der Waals surface area contributed by atoms with Crippen LogP contribution >= 0.6 is 22.7 Å². The molecule has 0 aliphatic heterocycles. The molecule has 44 heavy (non-hydrogen) atoms. The molecule has 0 atom stereocenters. The molecule has 2 aromatic heterocycles. The molecule has 204 valence electrons. The second kappa shape index (κ2) is 9.24. The standard InChI is InChI=1S/C42H24S2/c1-3-11-29-25(9-1)21-35(33-15-7-5-13-31(29)33)27-17-19-39-37(23-27)41-38-24-28(18-20-40(38)44-42(41)43-39)36-22-26-10-2-4-12-30(26)32-14-6-8-16-34(32)36/h1-24H. The van der Waals surface area contributed by atoms with Gasteiger partial charge in [0.05, 0.1) is 4.01 Å². The first-order valence-corrected chi connectivity index (χ1v) is 16.6. The highest BCUT2D eigenvalue weighted by Crippen LogP contribution is 2.47. The summed E-state index contributed by atoms with van der Waals surface area (Å²) in [5, 5.41) is 14.5. The molecule has 0 fully saturated rings. The summed E-state index contributed by atoms with van der Waals surface area (Å²) in [5.74, 6) is 0. The summed E-state index contributed by atoms with van der Waals surface area (Å²) in [5.41, 5.74) is 5.14.